The maximum atomic E-state index is 14.3. The van der Waals surface area contributed by atoms with Crippen molar-refractivity contribution in [2.45, 2.75) is 25.8 Å². The second kappa shape index (κ2) is 7.60. The molecule has 3 heterocycles. The smallest absolute Gasteiger partial charge is 0.305 e. The molecule has 8 nitrogen and oxygen atoms in total. The van der Waals surface area contributed by atoms with E-state index in [-0.39, 0.29) is 11.7 Å². The molecule has 0 unspecified atom stereocenters. The number of nitro groups is 1. The zero-order valence-electron chi connectivity index (χ0n) is 17.3. The fourth-order valence-corrected chi connectivity index (χ4v) is 4.54. The highest BCUT2D eigenvalue weighted by molar-refractivity contribution is 6.01. The minimum atomic E-state index is -0.972. The van der Waals surface area contributed by atoms with Crippen LogP contribution in [-0.2, 0) is 13.0 Å². The average Bonchev–Trinajstić information content (AvgIpc) is 3.13. The van der Waals surface area contributed by atoms with Gasteiger partial charge in [0.25, 0.3) is 0 Å². The minimum Gasteiger partial charge on any atom is -0.496 e. The lowest BCUT2D eigenvalue weighted by Gasteiger charge is -2.18. The van der Waals surface area contributed by atoms with Crippen LogP contribution in [0.15, 0.2) is 42.6 Å². The number of halogens is 1. The topological polar surface area (TPSA) is 109 Å². The Morgan fingerprint density at radius 2 is 2.03 bits per heavy atom. The Hall–Kier alpha value is -4.01. The summed E-state index contributed by atoms with van der Waals surface area (Å²) < 4.78 is 21.9. The van der Waals surface area contributed by atoms with Gasteiger partial charge in [-0.25, -0.2) is 9.97 Å². The first-order valence-electron chi connectivity index (χ1n) is 10.2. The van der Waals surface area contributed by atoms with Crippen molar-refractivity contribution >= 4 is 22.5 Å². The first-order chi connectivity index (χ1) is 15.5. The zero-order chi connectivity index (χ0) is 22.4. The fourth-order valence-electron chi connectivity index (χ4n) is 4.54. The number of nitrogen functional groups attached to an aromatic ring is 1. The van der Waals surface area contributed by atoms with E-state index in [1.165, 1.54) is 13.3 Å². The van der Waals surface area contributed by atoms with Crippen LogP contribution in [0.2, 0.25) is 0 Å². The third-order valence-corrected chi connectivity index (χ3v) is 5.92. The van der Waals surface area contributed by atoms with E-state index >= 15 is 0 Å². The van der Waals surface area contributed by atoms with Gasteiger partial charge in [-0.05, 0) is 25.3 Å². The van der Waals surface area contributed by atoms with E-state index in [2.05, 4.69) is 20.6 Å². The van der Waals surface area contributed by atoms with Crippen LogP contribution in [0.25, 0.3) is 33.3 Å². The molecule has 0 atom stereocenters. The second-order valence-corrected chi connectivity index (χ2v) is 7.70. The number of hydrogen-bond acceptors (Lipinski definition) is 6. The third-order valence-electron chi connectivity index (χ3n) is 5.92. The number of para-hydroxylation sites is 1. The lowest BCUT2D eigenvalue weighted by atomic mass is 9.95. The van der Waals surface area contributed by atoms with E-state index in [0.717, 1.165) is 60.1 Å². The van der Waals surface area contributed by atoms with Crippen molar-refractivity contribution in [2.75, 3.05) is 12.8 Å². The molecule has 162 valence electrons. The Bertz CT molecular complexity index is 1380. The van der Waals surface area contributed by atoms with Crippen LogP contribution in [0.1, 0.15) is 18.5 Å². The molecule has 4 aromatic rings. The van der Waals surface area contributed by atoms with Crippen molar-refractivity contribution in [1.29, 1.82) is 0 Å². The van der Waals surface area contributed by atoms with Crippen molar-refractivity contribution in [3.05, 3.63) is 64.2 Å². The van der Waals surface area contributed by atoms with Gasteiger partial charge >= 0.3 is 5.69 Å². The summed E-state index contributed by atoms with van der Waals surface area (Å²) in [5.74, 6) is -0.737. The van der Waals surface area contributed by atoms with Gasteiger partial charge in [-0.3, -0.25) is 10.1 Å². The molecule has 0 saturated heterocycles. The van der Waals surface area contributed by atoms with Crippen molar-refractivity contribution in [1.82, 2.24) is 14.5 Å². The molecule has 9 heteroatoms. The summed E-state index contributed by atoms with van der Waals surface area (Å²) >= 11 is 0. The number of hydrogen-bond donors (Lipinski definition) is 1. The second-order valence-electron chi connectivity index (χ2n) is 7.70. The summed E-state index contributed by atoms with van der Waals surface area (Å²) in [6, 6.07) is 10.2. The van der Waals surface area contributed by atoms with Gasteiger partial charge in [0.05, 0.1) is 17.7 Å². The molecule has 2 N–H and O–H groups in total. The number of aromatic nitrogens is 3. The van der Waals surface area contributed by atoms with Crippen molar-refractivity contribution in [2.24, 2.45) is 0 Å². The first kappa shape index (κ1) is 19.9. The van der Waals surface area contributed by atoms with Crippen LogP contribution in [0.4, 0.5) is 16.0 Å². The summed E-state index contributed by atoms with van der Waals surface area (Å²) in [6.45, 7) is 0.900. The lowest BCUT2D eigenvalue weighted by Crippen LogP contribution is -2.10. The van der Waals surface area contributed by atoms with Gasteiger partial charge in [0.1, 0.15) is 5.75 Å². The largest absolute Gasteiger partial charge is 0.496 e. The van der Waals surface area contributed by atoms with Crippen LogP contribution in [-0.4, -0.2) is 26.6 Å². The SMILES string of the molecule is COc1cc(F)c([N+](=O)[O-])cc1-c1cnc(N)nc1-c1c2n(c3ccccc13)CCCC2. The zero-order valence-corrected chi connectivity index (χ0v) is 17.3. The Labute approximate surface area is 182 Å². The van der Waals surface area contributed by atoms with Crippen LogP contribution >= 0.6 is 0 Å². The number of nitrogens with two attached hydrogens (primary N) is 1. The standard InChI is InChI=1S/C23H20FN5O3/c1-32-20-11-16(24)19(29(30)31)10-14(20)15-12-26-23(25)27-22(15)21-13-6-2-3-7-17(13)28-9-5-4-8-18(21)28/h2-3,6-7,10-12H,4-5,8-9H2,1H3,(H2,25,26,27). The summed E-state index contributed by atoms with van der Waals surface area (Å²) in [5, 5.41) is 12.4. The molecule has 0 spiro atoms. The van der Waals surface area contributed by atoms with E-state index in [1.54, 1.807) is 0 Å². The van der Waals surface area contributed by atoms with E-state index in [0.29, 0.717) is 16.8 Å². The van der Waals surface area contributed by atoms with Crippen molar-refractivity contribution in [3.63, 3.8) is 0 Å². The van der Waals surface area contributed by atoms with Gasteiger partial charge in [0, 0.05) is 58.2 Å². The van der Waals surface area contributed by atoms with E-state index in [1.807, 2.05) is 18.2 Å². The van der Waals surface area contributed by atoms with Crippen molar-refractivity contribution < 1.29 is 14.1 Å². The maximum Gasteiger partial charge on any atom is 0.305 e. The first-order valence-corrected chi connectivity index (χ1v) is 10.2. The maximum absolute atomic E-state index is 14.3. The molecule has 0 radical (unpaired) electrons. The molecule has 0 saturated carbocycles. The highest BCUT2D eigenvalue weighted by Crippen LogP contribution is 2.44. The summed E-state index contributed by atoms with van der Waals surface area (Å²) in [6.07, 6.45) is 4.51. The Morgan fingerprint density at radius 3 is 2.81 bits per heavy atom. The van der Waals surface area contributed by atoms with Crippen LogP contribution in [0.3, 0.4) is 0 Å². The molecule has 1 aliphatic heterocycles. The quantitative estimate of drug-likeness (QED) is 0.368. The number of nitro benzene ring substituents is 1. The van der Waals surface area contributed by atoms with Crippen LogP contribution < -0.4 is 10.5 Å². The van der Waals surface area contributed by atoms with Crippen molar-refractivity contribution in [3.8, 4) is 28.1 Å². The van der Waals surface area contributed by atoms with Gasteiger partial charge in [-0.1, -0.05) is 18.2 Å². The molecule has 0 aliphatic carbocycles. The van der Waals surface area contributed by atoms with Gasteiger partial charge in [-0.2, -0.15) is 4.39 Å². The molecule has 32 heavy (non-hydrogen) atoms. The summed E-state index contributed by atoms with van der Waals surface area (Å²) in [5.41, 5.74) is 9.84. The average molecular weight is 433 g/mol. The normalized spacial score (nSPS) is 13.2. The van der Waals surface area contributed by atoms with Gasteiger partial charge in [0.2, 0.25) is 11.8 Å². The Morgan fingerprint density at radius 1 is 1.22 bits per heavy atom. The van der Waals surface area contributed by atoms with E-state index < -0.39 is 16.4 Å². The van der Waals surface area contributed by atoms with Gasteiger partial charge in [0.15, 0.2) is 0 Å². The molecular weight excluding hydrogens is 413 g/mol. The molecule has 1 aliphatic rings. The number of anilines is 1. The Kier molecular flexibility index (Phi) is 4.73. The van der Waals surface area contributed by atoms with E-state index in [9.17, 15) is 14.5 Å². The molecule has 0 amide bonds. The summed E-state index contributed by atoms with van der Waals surface area (Å²) in [4.78, 5) is 19.3. The molecule has 2 aromatic carbocycles. The molecule has 5 rings (SSSR count). The molecular formula is C23H20FN5O3. The molecule has 0 bridgehead atoms. The predicted molar refractivity (Wildman–Crippen MR) is 119 cm³/mol. The highest BCUT2D eigenvalue weighted by atomic mass is 19.1. The van der Waals surface area contributed by atoms with Gasteiger partial charge in [-0.15, -0.1) is 0 Å². The van der Waals surface area contributed by atoms with E-state index in [4.69, 9.17) is 10.5 Å². The third kappa shape index (κ3) is 3.05. The highest BCUT2D eigenvalue weighted by Gasteiger charge is 2.27. The minimum absolute atomic E-state index is 0.0826. The number of fused-ring (bicyclic) bond motifs is 3. The summed E-state index contributed by atoms with van der Waals surface area (Å²) in [7, 11) is 1.39. The predicted octanol–water partition coefficient (Wildman–Crippen LogP) is 4.74. The fraction of sp³-hybridized carbons (Fsp3) is 0.217. The lowest BCUT2D eigenvalue weighted by molar-refractivity contribution is -0.387. The number of ether oxygens (including phenoxy) is 1. The number of methoxy groups -OCH3 is 1. The molecule has 2 aromatic heterocycles. The van der Waals surface area contributed by atoms with Gasteiger partial charge < -0.3 is 15.0 Å². The monoisotopic (exact) mass is 433 g/mol. The number of rotatable bonds is 4. The number of aryl methyl sites for hydroxylation is 1. The Balaban J connectivity index is 1.86. The van der Waals surface area contributed by atoms with Crippen LogP contribution in [0.5, 0.6) is 5.75 Å². The number of benzene rings is 2. The number of nitrogens with zero attached hydrogens (tertiary/aromatic N) is 4. The van der Waals surface area contributed by atoms with Crippen LogP contribution in [0, 0.1) is 15.9 Å². The molecule has 0 fully saturated rings.